The van der Waals surface area contributed by atoms with Gasteiger partial charge in [0.2, 0.25) is 47.3 Å². The molecule has 0 heterocycles. The second kappa shape index (κ2) is 46.7. The molecule has 8 amide bonds. The van der Waals surface area contributed by atoms with Crippen molar-refractivity contribution < 1.29 is 112 Å². The van der Waals surface area contributed by atoms with E-state index < -0.39 is 188 Å². The van der Waals surface area contributed by atoms with Gasteiger partial charge in [-0.15, -0.1) is 0 Å². The number of carbonyl (C=O) groups is 12. The second-order valence-electron chi connectivity index (χ2n) is 32.5. The molecule has 8 atom stereocenters. The summed E-state index contributed by atoms with van der Waals surface area (Å²) < 4.78 is 128. The standard InChI is InChI=1S/4C23H26F2N2O4/c4*1-14(26-19(28)12-15-10-17(24)13-18(25)11-15)21(29)27-20(16-8-6-5-7-9-16)22(30)31-23(2,3)4/h4*5-11,13-14,20H,12H2,1-4H3,(H,26,28)(H,27,29)/t4*14-,20-/m0000/s1. The van der Waals surface area contributed by atoms with Gasteiger partial charge in [-0.2, -0.15) is 0 Å². The van der Waals surface area contributed by atoms with E-state index in [9.17, 15) is 92.7 Å². The summed E-state index contributed by atoms with van der Waals surface area (Å²) in [5, 5.41) is 20.2. The third-order valence-electron chi connectivity index (χ3n) is 16.5. The Morgan fingerprint density at radius 1 is 0.242 bits per heavy atom. The molecule has 0 aromatic heterocycles. The summed E-state index contributed by atoms with van der Waals surface area (Å²) in [4.78, 5) is 150. The molecule has 0 bridgehead atoms. The number of hydrogen-bond acceptors (Lipinski definition) is 16. The molecule has 0 unspecified atom stereocenters. The van der Waals surface area contributed by atoms with Crippen LogP contribution in [0.5, 0.6) is 0 Å². The molecular formula is C92H104F8N8O16. The van der Waals surface area contributed by atoms with Gasteiger partial charge in [0.15, 0.2) is 24.2 Å². The molecule has 0 radical (unpaired) electrons. The number of benzene rings is 8. The van der Waals surface area contributed by atoms with Gasteiger partial charge in [0.05, 0.1) is 25.7 Å². The summed E-state index contributed by atoms with van der Waals surface area (Å²) in [6, 6.07) is 37.2. The van der Waals surface area contributed by atoms with Crippen molar-refractivity contribution in [1.29, 1.82) is 0 Å². The highest BCUT2D eigenvalue weighted by molar-refractivity contribution is 5.95. The quantitative estimate of drug-likeness (QED) is 0.0128. The monoisotopic (exact) mass is 1730 g/mol. The van der Waals surface area contributed by atoms with Gasteiger partial charge in [0, 0.05) is 24.3 Å². The zero-order valence-electron chi connectivity index (χ0n) is 71.5. The minimum atomic E-state index is -1.07. The number of rotatable bonds is 28. The first kappa shape index (κ1) is 101. The molecule has 0 aliphatic rings. The van der Waals surface area contributed by atoms with Crippen LogP contribution in [0.4, 0.5) is 35.1 Å². The van der Waals surface area contributed by atoms with Gasteiger partial charge in [0.25, 0.3) is 0 Å². The van der Waals surface area contributed by atoms with Crippen LogP contribution in [-0.2, 0) is 102 Å². The van der Waals surface area contributed by atoms with Gasteiger partial charge in [0.1, 0.15) is 93.1 Å². The Bertz CT molecular complexity index is 4310. The van der Waals surface area contributed by atoms with Crippen LogP contribution >= 0.6 is 0 Å². The smallest absolute Gasteiger partial charge is 0.333 e. The molecule has 32 heteroatoms. The molecule has 24 nitrogen and oxygen atoms in total. The van der Waals surface area contributed by atoms with E-state index in [0.717, 1.165) is 48.5 Å². The number of nitrogens with one attached hydrogen (secondary N) is 8. The van der Waals surface area contributed by atoms with E-state index in [1.165, 1.54) is 27.7 Å². The van der Waals surface area contributed by atoms with E-state index >= 15 is 0 Å². The predicted molar refractivity (Wildman–Crippen MR) is 443 cm³/mol. The third-order valence-corrected chi connectivity index (χ3v) is 16.5. The molecule has 0 saturated heterocycles. The van der Waals surface area contributed by atoms with Gasteiger partial charge >= 0.3 is 23.9 Å². The summed E-state index contributed by atoms with van der Waals surface area (Å²) in [6.45, 7) is 26.3. The van der Waals surface area contributed by atoms with Crippen molar-refractivity contribution in [3.63, 3.8) is 0 Å². The SMILES string of the molecule is C[C@H](NC(=O)Cc1cc(F)cc(F)c1)C(=O)N[C@H](C(=O)OC(C)(C)C)c1ccccc1.C[C@H](NC(=O)Cc1cc(F)cc(F)c1)C(=O)N[C@H](C(=O)OC(C)(C)C)c1ccccc1.C[C@H](NC(=O)Cc1cc(F)cc(F)c1)C(=O)N[C@H](C(=O)OC(C)(C)C)c1ccccc1.C[C@H](NC(=O)Cc1cc(F)cc(F)c1)C(=O)N[C@H](C(=O)OC(C)(C)C)c1ccccc1. The average molecular weight is 1730 g/mol. The topological polar surface area (TPSA) is 338 Å². The highest BCUT2D eigenvalue weighted by Crippen LogP contribution is 2.25. The average Bonchev–Trinajstić information content (AvgIpc) is 0.850. The largest absolute Gasteiger partial charge is 0.458 e. The molecule has 664 valence electrons. The lowest BCUT2D eigenvalue weighted by Gasteiger charge is -2.26. The van der Waals surface area contributed by atoms with Gasteiger partial charge in [-0.25, -0.2) is 54.3 Å². The van der Waals surface area contributed by atoms with Gasteiger partial charge in [-0.05, 0) is 204 Å². The predicted octanol–water partition coefficient (Wildman–Crippen LogP) is 12.8. The molecule has 8 aromatic rings. The van der Waals surface area contributed by atoms with E-state index in [2.05, 4.69) is 42.5 Å². The molecule has 124 heavy (non-hydrogen) atoms. The van der Waals surface area contributed by atoms with Crippen LogP contribution in [0.15, 0.2) is 194 Å². The molecule has 0 saturated carbocycles. The lowest BCUT2D eigenvalue weighted by molar-refractivity contribution is -0.159. The van der Waals surface area contributed by atoms with Crippen molar-refractivity contribution in [3.8, 4) is 0 Å². The van der Waals surface area contributed by atoms with E-state index in [-0.39, 0.29) is 47.9 Å². The fourth-order valence-corrected chi connectivity index (χ4v) is 11.2. The summed E-state index contributed by atoms with van der Waals surface area (Å²) in [7, 11) is 0. The molecule has 0 spiro atoms. The lowest BCUT2D eigenvalue weighted by Crippen LogP contribution is -2.48. The summed E-state index contributed by atoms with van der Waals surface area (Å²) in [5.41, 5.74) is -0.363. The number of amides is 8. The molecule has 8 N–H and O–H groups in total. The van der Waals surface area contributed by atoms with Gasteiger partial charge in [-0.1, -0.05) is 121 Å². The number of hydrogen-bond donors (Lipinski definition) is 8. The van der Waals surface area contributed by atoms with Crippen LogP contribution in [0.2, 0.25) is 0 Å². The van der Waals surface area contributed by atoms with Gasteiger partial charge in [-0.3, -0.25) is 38.4 Å². The summed E-state index contributed by atoms with van der Waals surface area (Å²) in [5.74, 6) is -13.7. The molecule has 8 aromatic carbocycles. The van der Waals surface area contributed by atoms with Crippen LogP contribution in [-0.4, -0.2) is 118 Å². The van der Waals surface area contributed by atoms with Crippen molar-refractivity contribution in [3.05, 3.63) is 285 Å². The number of ether oxygens (including phenoxy) is 4. The zero-order valence-corrected chi connectivity index (χ0v) is 71.5. The fraction of sp³-hybridized carbons (Fsp3) is 0.348. The first-order chi connectivity index (χ1) is 57.8. The molecule has 0 aliphatic heterocycles. The highest BCUT2D eigenvalue weighted by Gasteiger charge is 2.35. The van der Waals surface area contributed by atoms with Crippen molar-refractivity contribution in [2.45, 2.75) is 207 Å². The van der Waals surface area contributed by atoms with Crippen LogP contribution in [0.1, 0.15) is 179 Å². The maximum Gasteiger partial charge on any atom is 0.333 e. The Labute approximate surface area is 714 Å². The van der Waals surface area contributed by atoms with E-state index in [1.807, 2.05) is 0 Å². The second-order valence-corrected chi connectivity index (χ2v) is 32.5. The Morgan fingerprint density at radius 3 is 0.524 bits per heavy atom. The molecule has 0 fully saturated rings. The Hall–Kier alpha value is -13.2. The Morgan fingerprint density at radius 2 is 0.387 bits per heavy atom. The first-order valence-corrected chi connectivity index (χ1v) is 39.1. The highest BCUT2D eigenvalue weighted by atomic mass is 19.2. The lowest BCUT2D eigenvalue weighted by atomic mass is 10.1. The molecule has 8 rings (SSSR count). The van der Waals surface area contributed by atoms with Crippen LogP contribution < -0.4 is 42.5 Å². The van der Waals surface area contributed by atoms with E-state index in [0.29, 0.717) is 46.5 Å². The summed E-state index contributed by atoms with van der Waals surface area (Å²) >= 11 is 0. The number of halogens is 8. The van der Waals surface area contributed by atoms with Crippen LogP contribution in [0.25, 0.3) is 0 Å². The minimum absolute atomic E-state index is 0.138. The van der Waals surface area contributed by atoms with Crippen molar-refractivity contribution in [2.75, 3.05) is 0 Å². The van der Waals surface area contributed by atoms with E-state index in [4.69, 9.17) is 18.9 Å². The Kier molecular flexibility index (Phi) is 38.2. The zero-order chi connectivity index (χ0) is 92.7. The Balaban J connectivity index is 0.000000294. The number of esters is 4. The minimum Gasteiger partial charge on any atom is -0.458 e. The van der Waals surface area contributed by atoms with Crippen LogP contribution in [0, 0.1) is 46.5 Å². The van der Waals surface area contributed by atoms with E-state index in [1.54, 1.807) is 204 Å². The van der Waals surface area contributed by atoms with Crippen LogP contribution in [0.3, 0.4) is 0 Å². The maximum absolute atomic E-state index is 13.3. The molecular weight excluding hydrogens is 1630 g/mol. The van der Waals surface area contributed by atoms with Crippen molar-refractivity contribution in [2.24, 2.45) is 0 Å². The van der Waals surface area contributed by atoms with Crippen molar-refractivity contribution in [1.82, 2.24) is 42.5 Å². The van der Waals surface area contributed by atoms with Crippen molar-refractivity contribution >= 4 is 71.1 Å². The third kappa shape index (κ3) is 37.9. The normalized spacial score (nSPS) is 13.1. The number of carbonyl (C=O) groups excluding carboxylic acids is 12. The van der Waals surface area contributed by atoms with Gasteiger partial charge < -0.3 is 61.5 Å². The fourth-order valence-electron chi connectivity index (χ4n) is 11.2. The molecule has 0 aliphatic carbocycles. The summed E-state index contributed by atoms with van der Waals surface area (Å²) in [6.07, 6.45) is -1.22. The first-order valence-electron chi connectivity index (χ1n) is 39.1. The maximum atomic E-state index is 13.3.